The maximum atomic E-state index is 13.6. The van der Waals surface area contributed by atoms with Gasteiger partial charge >= 0.3 is 0 Å². The number of ketones is 1. The summed E-state index contributed by atoms with van der Waals surface area (Å²) >= 11 is 0. The zero-order valence-electron chi connectivity index (χ0n) is 16.3. The molecule has 5 nitrogen and oxygen atoms in total. The number of aromatic nitrogens is 2. The Morgan fingerprint density at radius 3 is 1.40 bits per heavy atom. The second kappa shape index (κ2) is 8.78. The molecule has 4 aromatic rings. The average molecular weight is 394 g/mol. The van der Waals surface area contributed by atoms with Crippen LogP contribution in [-0.4, -0.2) is 15.8 Å². The maximum Gasteiger partial charge on any atom is 0.196 e. The summed E-state index contributed by atoms with van der Waals surface area (Å²) in [6.07, 6.45) is 3.30. The van der Waals surface area contributed by atoms with Gasteiger partial charge in [0.05, 0.1) is 23.5 Å². The Morgan fingerprint density at radius 2 is 1.00 bits per heavy atom. The molecular weight excluding hydrogens is 372 g/mol. The molecule has 4 rings (SSSR count). The normalized spacial score (nSPS) is 12.9. The molecule has 0 spiro atoms. The van der Waals surface area contributed by atoms with Crippen LogP contribution in [0.4, 0.5) is 0 Å². The molecule has 2 unspecified atom stereocenters. The predicted molar refractivity (Wildman–Crippen MR) is 117 cm³/mol. The van der Waals surface area contributed by atoms with Crippen LogP contribution in [0, 0.1) is 0 Å². The molecule has 30 heavy (non-hydrogen) atoms. The van der Waals surface area contributed by atoms with Gasteiger partial charge in [0.2, 0.25) is 0 Å². The number of pyridine rings is 2. The molecule has 0 amide bonds. The maximum absolute atomic E-state index is 13.6. The first kappa shape index (κ1) is 19.6. The van der Waals surface area contributed by atoms with Crippen LogP contribution in [0.15, 0.2) is 97.3 Å². The number of nitrogens with two attached hydrogens (primary N) is 2. The van der Waals surface area contributed by atoms with Crippen molar-refractivity contribution in [2.45, 2.75) is 12.1 Å². The Kier molecular flexibility index (Phi) is 5.75. The Hall–Kier alpha value is -3.67. The molecule has 0 saturated carbocycles. The number of nitrogens with zero attached hydrogens (tertiary/aromatic N) is 2. The summed E-state index contributed by atoms with van der Waals surface area (Å²) in [7, 11) is 0. The third-order valence-electron chi connectivity index (χ3n) is 5.07. The van der Waals surface area contributed by atoms with Crippen molar-refractivity contribution in [3.63, 3.8) is 0 Å². The second-order valence-electron chi connectivity index (χ2n) is 6.98. The van der Waals surface area contributed by atoms with Gasteiger partial charge in [0.25, 0.3) is 0 Å². The van der Waals surface area contributed by atoms with E-state index in [9.17, 15) is 4.79 Å². The summed E-state index contributed by atoms with van der Waals surface area (Å²) in [6.45, 7) is 0. The summed E-state index contributed by atoms with van der Waals surface area (Å²) in [5.74, 6) is -0.195. The standard InChI is InChI=1S/C25H22N4O/c26-21(17-9-3-1-4-10-17)23-19(13-7-15-28-23)25(30)20-14-8-16-29-24(20)22(27)18-11-5-2-6-12-18/h1-16,21-22H,26-27H2. The SMILES string of the molecule is NC(c1ccccc1)c1ncccc1C(=O)c1cccnc1C(N)c1ccccc1. The highest BCUT2D eigenvalue weighted by Gasteiger charge is 2.24. The summed E-state index contributed by atoms with van der Waals surface area (Å²) < 4.78 is 0. The predicted octanol–water partition coefficient (Wildman–Crippen LogP) is 3.80. The molecule has 2 heterocycles. The lowest BCUT2D eigenvalue weighted by Gasteiger charge is -2.18. The van der Waals surface area contributed by atoms with Crippen molar-refractivity contribution in [2.24, 2.45) is 11.5 Å². The van der Waals surface area contributed by atoms with Crippen molar-refractivity contribution in [1.82, 2.24) is 9.97 Å². The number of rotatable bonds is 6. The quantitative estimate of drug-likeness (QED) is 0.485. The largest absolute Gasteiger partial charge is 0.319 e. The zero-order valence-corrected chi connectivity index (χ0v) is 16.3. The van der Waals surface area contributed by atoms with E-state index < -0.39 is 12.1 Å². The Morgan fingerprint density at radius 1 is 0.600 bits per heavy atom. The van der Waals surface area contributed by atoms with Gasteiger partial charge < -0.3 is 11.5 Å². The Labute approximate surface area is 175 Å². The lowest BCUT2D eigenvalue weighted by molar-refractivity contribution is 0.103. The molecule has 0 aliphatic carbocycles. The molecule has 2 atom stereocenters. The molecule has 0 bridgehead atoms. The lowest BCUT2D eigenvalue weighted by atomic mass is 9.92. The molecule has 0 aliphatic rings. The highest BCUT2D eigenvalue weighted by Crippen LogP contribution is 2.26. The first-order chi connectivity index (χ1) is 14.7. The van der Waals surface area contributed by atoms with Gasteiger partial charge in [-0.1, -0.05) is 60.7 Å². The van der Waals surface area contributed by atoms with Crippen molar-refractivity contribution < 1.29 is 4.79 Å². The second-order valence-corrected chi connectivity index (χ2v) is 6.98. The minimum atomic E-state index is -0.519. The van der Waals surface area contributed by atoms with Gasteiger partial charge in [-0.3, -0.25) is 14.8 Å². The van der Waals surface area contributed by atoms with E-state index >= 15 is 0 Å². The van der Waals surface area contributed by atoms with E-state index in [1.54, 1.807) is 36.7 Å². The number of carbonyl (C=O) groups excluding carboxylic acids is 1. The van der Waals surface area contributed by atoms with Crippen LogP contribution < -0.4 is 11.5 Å². The van der Waals surface area contributed by atoms with Gasteiger partial charge in [-0.2, -0.15) is 0 Å². The third-order valence-corrected chi connectivity index (χ3v) is 5.07. The molecule has 4 N–H and O–H groups in total. The van der Waals surface area contributed by atoms with Crippen LogP contribution in [-0.2, 0) is 0 Å². The van der Waals surface area contributed by atoms with Crippen LogP contribution in [0.3, 0.4) is 0 Å². The molecular formula is C25H22N4O. The van der Waals surface area contributed by atoms with Crippen molar-refractivity contribution in [3.05, 3.63) is 131 Å². The highest BCUT2D eigenvalue weighted by molar-refractivity contribution is 6.10. The molecule has 0 fully saturated rings. The summed E-state index contributed by atoms with van der Waals surface area (Å²) in [5.41, 5.74) is 16.7. The van der Waals surface area contributed by atoms with E-state index in [0.717, 1.165) is 11.1 Å². The molecule has 0 radical (unpaired) electrons. The highest BCUT2D eigenvalue weighted by atomic mass is 16.1. The minimum absolute atomic E-state index is 0.195. The van der Waals surface area contributed by atoms with Crippen LogP contribution in [0.25, 0.3) is 0 Å². The molecule has 0 saturated heterocycles. The van der Waals surface area contributed by atoms with Crippen LogP contribution in [0.2, 0.25) is 0 Å². The van der Waals surface area contributed by atoms with E-state index in [1.807, 2.05) is 60.7 Å². The third kappa shape index (κ3) is 3.89. The van der Waals surface area contributed by atoms with Gasteiger partial charge in [0, 0.05) is 23.5 Å². The molecule has 2 aromatic heterocycles. The fourth-order valence-electron chi connectivity index (χ4n) is 3.50. The van der Waals surface area contributed by atoms with Crippen LogP contribution >= 0.6 is 0 Å². The van der Waals surface area contributed by atoms with Gasteiger partial charge in [0.15, 0.2) is 5.78 Å². The zero-order chi connectivity index (χ0) is 20.9. The topological polar surface area (TPSA) is 94.9 Å². The first-order valence-electron chi connectivity index (χ1n) is 9.72. The monoisotopic (exact) mass is 394 g/mol. The lowest BCUT2D eigenvalue weighted by Crippen LogP contribution is -2.21. The Bertz CT molecular complexity index is 1050. The van der Waals surface area contributed by atoms with Crippen molar-refractivity contribution in [2.75, 3.05) is 0 Å². The molecule has 5 heteroatoms. The van der Waals surface area contributed by atoms with Gasteiger partial charge in [-0.15, -0.1) is 0 Å². The smallest absolute Gasteiger partial charge is 0.196 e. The summed E-state index contributed by atoms with van der Waals surface area (Å²) in [6, 6.07) is 25.1. The minimum Gasteiger partial charge on any atom is -0.319 e. The van der Waals surface area contributed by atoms with Crippen molar-refractivity contribution in [3.8, 4) is 0 Å². The van der Waals surface area contributed by atoms with Crippen LogP contribution in [0.1, 0.15) is 50.5 Å². The fourth-order valence-corrected chi connectivity index (χ4v) is 3.50. The van der Waals surface area contributed by atoms with E-state index in [2.05, 4.69) is 9.97 Å². The number of carbonyl (C=O) groups is 1. The van der Waals surface area contributed by atoms with Crippen LogP contribution in [0.5, 0.6) is 0 Å². The molecule has 0 aliphatic heterocycles. The van der Waals surface area contributed by atoms with E-state index in [-0.39, 0.29) is 5.78 Å². The number of benzene rings is 2. The van der Waals surface area contributed by atoms with Crippen molar-refractivity contribution >= 4 is 5.78 Å². The van der Waals surface area contributed by atoms with E-state index in [1.165, 1.54) is 0 Å². The van der Waals surface area contributed by atoms with E-state index in [4.69, 9.17) is 11.5 Å². The van der Waals surface area contributed by atoms with Crippen molar-refractivity contribution in [1.29, 1.82) is 0 Å². The first-order valence-corrected chi connectivity index (χ1v) is 9.72. The Balaban J connectivity index is 1.75. The number of hydrogen-bond donors (Lipinski definition) is 2. The van der Waals surface area contributed by atoms with Gasteiger partial charge in [-0.25, -0.2) is 0 Å². The molecule has 2 aromatic carbocycles. The van der Waals surface area contributed by atoms with Gasteiger partial charge in [0.1, 0.15) is 0 Å². The van der Waals surface area contributed by atoms with Gasteiger partial charge in [-0.05, 0) is 35.4 Å². The number of hydrogen-bond acceptors (Lipinski definition) is 5. The van der Waals surface area contributed by atoms with E-state index in [0.29, 0.717) is 22.5 Å². The summed E-state index contributed by atoms with van der Waals surface area (Å²) in [5, 5.41) is 0. The molecule has 148 valence electrons. The summed E-state index contributed by atoms with van der Waals surface area (Å²) in [4.78, 5) is 22.4. The fraction of sp³-hybridized carbons (Fsp3) is 0.0800. The average Bonchev–Trinajstić information content (AvgIpc) is 2.84.